The monoisotopic (exact) mass is 528 g/mol. The van der Waals surface area contributed by atoms with E-state index in [4.69, 9.17) is 9.47 Å². The summed E-state index contributed by atoms with van der Waals surface area (Å²) in [6.45, 7) is 1.17. The van der Waals surface area contributed by atoms with Gasteiger partial charge in [-0.3, -0.25) is 9.59 Å². The number of ether oxygens (including phenoxy) is 3. The fourth-order valence-electron chi connectivity index (χ4n) is 5.27. The minimum absolute atomic E-state index is 0.0475. The summed E-state index contributed by atoms with van der Waals surface area (Å²) in [6.07, 6.45) is 2.35. The first-order valence-electron chi connectivity index (χ1n) is 12.7. The van der Waals surface area contributed by atoms with E-state index in [1.807, 2.05) is 0 Å². The number of halogens is 2. The summed E-state index contributed by atoms with van der Waals surface area (Å²) in [4.78, 5) is 41.3. The molecule has 0 N–H and O–H groups in total. The quantitative estimate of drug-likeness (QED) is 0.374. The van der Waals surface area contributed by atoms with Gasteiger partial charge < -0.3 is 24.0 Å². The van der Waals surface area contributed by atoms with E-state index in [9.17, 15) is 23.2 Å². The predicted molar refractivity (Wildman–Crippen MR) is 132 cm³/mol. The normalized spacial score (nSPS) is 22.6. The van der Waals surface area contributed by atoms with Crippen molar-refractivity contribution in [3.05, 3.63) is 53.1 Å². The molecule has 0 radical (unpaired) electrons. The van der Waals surface area contributed by atoms with Crippen LogP contribution in [0, 0.1) is 5.92 Å². The van der Waals surface area contributed by atoms with Crippen LogP contribution in [0.3, 0.4) is 0 Å². The van der Waals surface area contributed by atoms with Gasteiger partial charge >= 0.3 is 12.6 Å². The molecule has 2 heterocycles. The molecule has 10 heteroatoms. The SMILES string of the molecule is CC(=O)N1CC(c2ccc(OC(F)F)c(OCC3CC3)c2)C[C@]1(C)C(=O)Oc1ccc2c(c1)CN(C)C2=O. The number of hydrogen-bond donors (Lipinski definition) is 0. The number of fused-ring (bicyclic) bond motifs is 1. The highest BCUT2D eigenvalue weighted by molar-refractivity contribution is 5.98. The van der Waals surface area contributed by atoms with Gasteiger partial charge in [-0.05, 0) is 73.6 Å². The van der Waals surface area contributed by atoms with Crippen molar-refractivity contribution in [3.63, 3.8) is 0 Å². The molecule has 2 aromatic carbocycles. The Morgan fingerprint density at radius 3 is 2.58 bits per heavy atom. The highest BCUT2D eigenvalue weighted by Gasteiger charge is 2.50. The van der Waals surface area contributed by atoms with Gasteiger partial charge in [0.25, 0.3) is 5.91 Å². The first kappa shape index (κ1) is 25.9. The van der Waals surface area contributed by atoms with Crippen molar-refractivity contribution in [2.75, 3.05) is 20.2 Å². The summed E-state index contributed by atoms with van der Waals surface area (Å²) >= 11 is 0. The smallest absolute Gasteiger partial charge is 0.387 e. The number of likely N-dealkylation sites (tertiary alicyclic amines) is 1. The Labute approximate surface area is 219 Å². The number of benzene rings is 2. The highest BCUT2D eigenvalue weighted by atomic mass is 19.3. The second-order valence-electron chi connectivity index (χ2n) is 10.5. The summed E-state index contributed by atoms with van der Waals surface area (Å²) in [5, 5.41) is 0. The highest BCUT2D eigenvalue weighted by Crippen LogP contribution is 2.43. The van der Waals surface area contributed by atoms with Crippen molar-refractivity contribution in [1.82, 2.24) is 9.80 Å². The maximum atomic E-state index is 13.5. The standard InChI is InChI=1S/C28H30F2N2O6/c1-16(33)32-14-20(18-6-9-23(38-27(29)30)24(11-18)36-15-17-4-5-17)12-28(32,2)26(35)37-21-7-8-22-19(10-21)13-31(3)25(22)34/h6-11,17,20,27H,4-5,12-15H2,1-3H3/t20?,28-/m1/s1. The zero-order valence-corrected chi connectivity index (χ0v) is 21.5. The lowest BCUT2D eigenvalue weighted by atomic mass is 9.89. The van der Waals surface area contributed by atoms with Crippen LogP contribution in [-0.4, -0.2) is 59.9 Å². The van der Waals surface area contributed by atoms with Crippen LogP contribution >= 0.6 is 0 Å². The van der Waals surface area contributed by atoms with Crippen molar-refractivity contribution >= 4 is 17.8 Å². The number of carbonyl (C=O) groups excluding carboxylic acids is 3. The number of alkyl halides is 2. The number of amides is 2. The molecule has 8 nitrogen and oxygen atoms in total. The number of carbonyl (C=O) groups is 3. The van der Waals surface area contributed by atoms with E-state index in [0.29, 0.717) is 30.4 Å². The Morgan fingerprint density at radius 2 is 1.89 bits per heavy atom. The molecule has 1 saturated carbocycles. The minimum atomic E-state index is -2.99. The fourth-order valence-corrected chi connectivity index (χ4v) is 5.27. The van der Waals surface area contributed by atoms with E-state index < -0.39 is 18.1 Å². The molecule has 2 aliphatic heterocycles. The third-order valence-corrected chi connectivity index (χ3v) is 7.56. The molecule has 202 valence electrons. The molecule has 1 unspecified atom stereocenters. The van der Waals surface area contributed by atoms with Gasteiger partial charge in [0.1, 0.15) is 11.3 Å². The minimum Gasteiger partial charge on any atom is -0.489 e. The van der Waals surface area contributed by atoms with Crippen LogP contribution in [0.15, 0.2) is 36.4 Å². The number of hydrogen-bond acceptors (Lipinski definition) is 6. The second kappa shape index (κ2) is 9.89. The zero-order valence-electron chi connectivity index (χ0n) is 21.5. The van der Waals surface area contributed by atoms with E-state index >= 15 is 0 Å². The second-order valence-corrected chi connectivity index (χ2v) is 10.5. The topological polar surface area (TPSA) is 85.4 Å². The molecule has 2 aromatic rings. The third-order valence-electron chi connectivity index (χ3n) is 7.56. The molecule has 1 saturated heterocycles. The van der Waals surface area contributed by atoms with Crippen LogP contribution in [0.4, 0.5) is 8.78 Å². The van der Waals surface area contributed by atoms with Crippen LogP contribution in [0.2, 0.25) is 0 Å². The van der Waals surface area contributed by atoms with Gasteiger partial charge in [0.2, 0.25) is 5.91 Å². The lowest BCUT2D eigenvalue weighted by Gasteiger charge is -2.31. The number of nitrogens with zero attached hydrogens (tertiary/aromatic N) is 2. The molecule has 1 aliphatic carbocycles. The van der Waals surface area contributed by atoms with Gasteiger partial charge in [-0.25, -0.2) is 4.79 Å². The molecule has 0 aromatic heterocycles. The molecule has 2 amide bonds. The Morgan fingerprint density at radius 1 is 1.13 bits per heavy atom. The number of rotatable bonds is 8. The maximum absolute atomic E-state index is 13.5. The summed E-state index contributed by atoms with van der Waals surface area (Å²) in [7, 11) is 1.70. The van der Waals surface area contributed by atoms with Crippen molar-refractivity contribution in [2.45, 2.75) is 57.7 Å². The molecule has 0 bridgehead atoms. The van der Waals surface area contributed by atoms with E-state index in [0.717, 1.165) is 24.0 Å². The fraction of sp³-hybridized carbons (Fsp3) is 0.464. The zero-order chi connectivity index (χ0) is 27.2. The van der Waals surface area contributed by atoms with Crippen molar-refractivity contribution in [2.24, 2.45) is 5.92 Å². The van der Waals surface area contributed by atoms with Crippen LogP contribution in [0.5, 0.6) is 17.2 Å². The van der Waals surface area contributed by atoms with Crippen LogP contribution in [-0.2, 0) is 16.1 Å². The largest absolute Gasteiger partial charge is 0.489 e. The lowest BCUT2D eigenvalue weighted by molar-refractivity contribution is -0.152. The average Bonchev–Trinajstić information content (AvgIpc) is 3.56. The van der Waals surface area contributed by atoms with Crippen LogP contribution < -0.4 is 14.2 Å². The molecular weight excluding hydrogens is 498 g/mol. The summed E-state index contributed by atoms with van der Waals surface area (Å²) < 4.78 is 42.1. The molecular formula is C28H30F2N2O6. The van der Waals surface area contributed by atoms with Gasteiger partial charge in [-0.15, -0.1) is 0 Å². The van der Waals surface area contributed by atoms with Crippen molar-refractivity contribution in [1.29, 1.82) is 0 Å². The lowest BCUT2D eigenvalue weighted by Crippen LogP contribution is -2.51. The van der Waals surface area contributed by atoms with Gasteiger partial charge in [0.15, 0.2) is 11.5 Å². The van der Waals surface area contributed by atoms with E-state index in [1.165, 1.54) is 17.9 Å². The van der Waals surface area contributed by atoms with Crippen molar-refractivity contribution < 1.29 is 37.4 Å². The molecule has 0 spiro atoms. The summed E-state index contributed by atoms with van der Waals surface area (Å²) in [6, 6.07) is 9.65. The van der Waals surface area contributed by atoms with Gasteiger partial charge in [-0.2, -0.15) is 8.78 Å². The third kappa shape index (κ3) is 5.04. The Balaban J connectivity index is 1.37. The Hall–Kier alpha value is -3.69. The molecule has 2 fully saturated rings. The molecule has 38 heavy (non-hydrogen) atoms. The van der Waals surface area contributed by atoms with Gasteiger partial charge in [0, 0.05) is 38.5 Å². The van der Waals surface area contributed by atoms with Gasteiger partial charge in [0.05, 0.1) is 6.61 Å². The van der Waals surface area contributed by atoms with Crippen LogP contribution in [0.25, 0.3) is 0 Å². The molecule has 5 rings (SSSR count). The summed E-state index contributed by atoms with van der Waals surface area (Å²) in [5.74, 6) is -0.329. The number of esters is 1. The Kier molecular flexibility index (Phi) is 6.75. The van der Waals surface area contributed by atoms with Crippen LogP contribution in [0.1, 0.15) is 60.5 Å². The van der Waals surface area contributed by atoms with Crippen molar-refractivity contribution in [3.8, 4) is 17.2 Å². The average molecular weight is 529 g/mol. The maximum Gasteiger partial charge on any atom is 0.387 e. The van der Waals surface area contributed by atoms with E-state index in [2.05, 4.69) is 4.74 Å². The molecule has 3 aliphatic rings. The van der Waals surface area contributed by atoms with E-state index in [1.54, 1.807) is 49.2 Å². The predicted octanol–water partition coefficient (Wildman–Crippen LogP) is 4.36. The van der Waals surface area contributed by atoms with Gasteiger partial charge in [-0.1, -0.05) is 6.07 Å². The molecule has 2 atom stereocenters. The van der Waals surface area contributed by atoms with E-state index in [-0.39, 0.29) is 42.2 Å². The summed E-state index contributed by atoms with van der Waals surface area (Å²) in [5.41, 5.74) is 0.837. The first-order valence-corrected chi connectivity index (χ1v) is 12.7. The Bertz CT molecular complexity index is 1280. The first-order chi connectivity index (χ1) is 18.0.